The van der Waals surface area contributed by atoms with Crippen LogP contribution in [0, 0.1) is 12.8 Å². The maximum Gasteiger partial charge on any atom is 0.136 e. The maximum absolute atomic E-state index is 4.74. The normalized spacial score (nSPS) is 19.7. The molecular formula is C14H20N2. The predicted octanol–water partition coefficient (Wildman–Crippen LogP) is 3.62. The van der Waals surface area contributed by atoms with Gasteiger partial charge in [0, 0.05) is 17.3 Å². The first-order valence-electron chi connectivity index (χ1n) is 5.85. The average molecular weight is 216 g/mol. The Balaban J connectivity index is 2.56. The van der Waals surface area contributed by atoms with Gasteiger partial charge in [-0.25, -0.2) is 4.98 Å². The third kappa shape index (κ3) is 1.84. The van der Waals surface area contributed by atoms with E-state index in [9.17, 15) is 0 Å². The molecule has 1 atom stereocenters. The molecule has 0 N–H and O–H groups in total. The Morgan fingerprint density at radius 3 is 2.56 bits per heavy atom. The van der Waals surface area contributed by atoms with Crippen molar-refractivity contribution < 1.29 is 0 Å². The molecule has 0 fully saturated rings. The number of rotatable bonds is 0. The van der Waals surface area contributed by atoms with Crippen molar-refractivity contribution in [2.24, 2.45) is 5.92 Å². The van der Waals surface area contributed by atoms with Gasteiger partial charge in [0.15, 0.2) is 0 Å². The van der Waals surface area contributed by atoms with Crippen LogP contribution in [0.15, 0.2) is 12.2 Å². The molecule has 0 radical (unpaired) electrons. The van der Waals surface area contributed by atoms with Gasteiger partial charge in [-0.3, -0.25) is 0 Å². The molecule has 1 aromatic heterocycles. The Hall–Kier alpha value is -1.31. The molecule has 0 saturated heterocycles. The largest absolute Gasteiger partial charge is 0.304 e. The molecule has 2 nitrogen and oxygen atoms in total. The number of hydrogen-bond donors (Lipinski definition) is 0. The van der Waals surface area contributed by atoms with E-state index in [0.29, 0.717) is 5.92 Å². The van der Waals surface area contributed by atoms with Crippen molar-refractivity contribution in [3.63, 3.8) is 0 Å². The lowest BCUT2D eigenvalue weighted by molar-refractivity contribution is 0.567. The molecule has 2 heteroatoms. The van der Waals surface area contributed by atoms with Crippen LogP contribution in [0.3, 0.4) is 0 Å². The highest BCUT2D eigenvalue weighted by Gasteiger charge is 2.22. The van der Waals surface area contributed by atoms with Crippen LogP contribution in [0.4, 0.5) is 0 Å². The van der Waals surface area contributed by atoms with Crippen LogP contribution in [-0.4, -0.2) is 9.55 Å². The van der Waals surface area contributed by atoms with Gasteiger partial charge in [-0.15, -0.1) is 0 Å². The van der Waals surface area contributed by atoms with E-state index in [1.165, 1.54) is 11.4 Å². The fourth-order valence-electron chi connectivity index (χ4n) is 2.08. The first-order valence-corrected chi connectivity index (χ1v) is 5.85. The Morgan fingerprint density at radius 2 is 1.94 bits per heavy atom. The molecule has 1 aliphatic heterocycles. The SMILES string of the molecule is Cc1c(C(C)(C)C)nc2n1C=CC(C)C=C2. The summed E-state index contributed by atoms with van der Waals surface area (Å²) in [5.41, 5.74) is 2.54. The number of nitrogens with zero attached hydrogens (tertiary/aromatic N) is 2. The Bertz CT molecular complexity index is 456. The Morgan fingerprint density at radius 1 is 1.25 bits per heavy atom. The van der Waals surface area contributed by atoms with Gasteiger partial charge < -0.3 is 4.57 Å². The van der Waals surface area contributed by atoms with E-state index in [1.807, 2.05) is 0 Å². The molecule has 1 aliphatic rings. The van der Waals surface area contributed by atoms with Crippen LogP contribution in [-0.2, 0) is 5.41 Å². The van der Waals surface area contributed by atoms with Crippen molar-refractivity contribution >= 4 is 12.3 Å². The fraction of sp³-hybridized carbons (Fsp3) is 0.500. The zero-order valence-corrected chi connectivity index (χ0v) is 10.8. The maximum atomic E-state index is 4.74. The first-order chi connectivity index (χ1) is 7.39. The summed E-state index contributed by atoms with van der Waals surface area (Å²) in [5, 5.41) is 0. The van der Waals surface area contributed by atoms with E-state index >= 15 is 0 Å². The molecule has 16 heavy (non-hydrogen) atoms. The highest BCUT2D eigenvalue weighted by atomic mass is 15.1. The van der Waals surface area contributed by atoms with E-state index in [1.54, 1.807) is 0 Å². The molecule has 1 unspecified atom stereocenters. The summed E-state index contributed by atoms with van der Waals surface area (Å²) in [6.45, 7) is 10.9. The number of allylic oxidation sites excluding steroid dienone is 2. The molecule has 0 amide bonds. The fourth-order valence-corrected chi connectivity index (χ4v) is 2.08. The highest BCUT2D eigenvalue weighted by molar-refractivity contribution is 5.52. The zero-order chi connectivity index (χ0) is 11.9. The van der Waals surface area contributed by atoms with Gasteiger partial charge in [-0.1, -0.05) is 39.8 Å². The summed E-state index contributed by atoms with van der Waals surface area (Å²) < 4.78 is 2.18. The molecule has 0 spiro atoms. The number of hydrogen-bond acceptors (Lipinski definition) is 1. The van der Waals surface area contributed by atoms with E-state index < -0.39 is 0 Å². The lowest BCUT2D eigenvalue weighted by Crippen LogP contribution is -2.13. The number of fused-ring (bicyclic) bond motifs is 1. The van der Waals surface area contributed by atoms with Gasteiger partial charge in [-0.05, 0) is 18.9 Å². The Kier molecular flexibility index (Phi) is 2.53. The van der Waals surface area contributed by atoms with Gasteiger partial charge in [0.05, 0.1) is 5.69 Å². The van der Waals surface area contributed by atoms with Crippen molar-refractivity contribution in [2.75, 3.05) is 0 Å². The van der Waals surface area contributed by atoms with Gasteiger partial charge in [0.2, 0.25) is 0 Å². The second-order valence-corrected chi connectivity index (χ2v) is 5.58. The monoisotopic (exact) mass is 216 g/mol. The molecule has 2 heterocycles. The molecule has 2 rings (SSSR count). The Labute approximate surface area is 97.7 Å². The quantitative estimate of drug-likeness (QED) is 0.647. The lowest BCUT2D eigenvalue weighted by atomic mass is 9.91. The van der Waals surface area contributed by atoms with Crippen molar-refractivity contribution in [1.82, 2.24) is 9.55 Å². The smallest absolute Gasteiger partial charge is 0.136 e. The molecule has 86 valence electrons. The predicted molar refractivity (Wildman–Crippen MR) is 69.2 cm³/mol. The van der Waals surface area contributed by atoms with Crippen molar-refractivity contribution in [1.29, 1.82) is 0 Å². The number of aromatic nitrogens is 2. The van der Waals surface area contributed by atoms with Crippen molar-refractivity contribution in [3.8, 4) is 0 Å². The molecular weight excluding hydrogens is 196 g/mol. The summed E-state index contributed by atoms with van der Waals surface area (Å²) in [4.78, 5) is 4.74. The molecule has 0 aromatic carbocycles. The minimum atomic E-state index is 0.108. The van der Waals surface area contributed by atoms with E-state index in [0.717, 1.165) is 5.82 Å². The topological polar surface area (TPSA) is 17.8 Å². The van der Waals surface area contributed by atoms with Crippen LogP contribution in [0.1, 0.15) is 44.9 Å². The summed E-state index contributed by atoms with van der Waals surface area (Å²) >= 11 is 0. The standard InChI is InChI=1S/C14H20N2/c1-10-6-7-12-15-13(14(3,4)5)11(2)16(12)9-8-10/h6-10H,1-5H3. The van der Waals surface area contributed by atoms with Crippen LogP contribution >= 0.6 is 0 Å². The third-order valence-electron chi connectivity index (χ3n) is 2.98. The molecule has 0 bridgehead atoms. The van der Waals surface area contributed by atoms with Crippen LogP contribution in [0.5, 0.6) is 0 Å². The van der Waals surface area contributed by atoms with Crippen LogP contribution < -0.4 is 0 Å². The minimum absolute atomic E-state index is 0.108. The summed E-state index contributed by atoms with van der Waals surface area (Å²) in [6.07, 6.45) is 8.65. The highest BCUT2D eigenvalue weighted by Crippen LogP contribution is 2.27. The second-order valence-electron chi connectivity index (χ2n) is 5.58. The van der Waals surface area contributed by atoms with E-state index in [-0.39, 0.29) is 5.41 Å². The minimum Gasteiger partial charge on any atom is -0.304 e. The molecule has 0 aliphatic carbocycles. The molecule has 0 saturated carbocycles. The van der Waals surface area contributed by atoms with E-state index in [2.05, 4.69) is 63.6 Å². The van der Waals surface area contributed by atoms with Crippen LogP contribution in [0.2, 0.25) is 0 Å². The third-order valence-corrected chi connectivity index (χ3v) is 2.98. The van der Waals surface area contributed by atoms with Crippen LogP contribution in [0.25, 0.3) is 12.3 Å². The van der Waals surface area contributed by atoms with Gasteiger partial charge >= 0.3 is 0 Å². The summed E-state index contributed by atoms with van der Waals surface area (Å²) in [5.74, 6) is 1.53. The molecule has 1 aromatic rings. The van der Waals surface area contributed by atoms with Crippen molar-refractivity contribution in [3.05, 3.63) is 29.4 Å². The number of imidazole rings is 1. The van der Waals surface area contributed by atoms with Crippen molar-refractivity contribution in [2.45, 2.75) is 40.0 Å². The van der Waals surface area contributed by atoms with Gasteiger partial charge in [-0.2, -0.15) is 0 Å². The summed E-state index contributed by atoms with van der Waals surface area (Å²) in [7, 11) is 0. The lowest BCUT2D eigenvalue weighted by Gasteiger charge is -2.16. The van der Waals surface area contributed by atoms with E-state index in [4.69, 9.17) is 4.98 Å². The second kappa shape index (κ2) is 3.62. The zero-order valence-electron chi connectivity index (χ0n) is 10.8. The summed E-state index contributed by atoms with van der Waals surface area (Å²) in [6, 6.07) is 0. The first kappa shape index (κ1) is 11.2. The average Bonchev–Trinajstić information content (AvgIpc) is 2.36. The van der Waals surface area contributed by atoms with Gasteiger partial charge in [0.25, 0.3) is 0 Å². The van der Waals surface area contributed by atoms with Gasteiger partial charge in [0.1, 0.15) is 5.82 Å².